The van der Waals surface area contributed by atoms with Crippen LogP contribution in [0.5, 0.6) is 0 Å². The quantitative estimate of drug-likeness (QED) is 0.818. The zero-order valence-electron chi connectivity index (χ0n) is 14.7. The predicted octanol–water partition coefficient (Wildman–Crippen LogP) is 2.50. The number of nitrogens with zero attached hydrogens (tertiary/aromatic N) is 3. The summed E-state index contributed by atoms with van der Waals surface area (Å²) in [6.45, 7) is 6.47. The van der Waals surface area contributed by atoms with E-state index in [-0.39, 0.29) is 5.75 Å². The summed E-state index contributed by atoms with van der Waals surface area (Å²) in [6, 6.07) is 6.08. The van der Waals surface area contributed by atoms with E-state index in [1.165, 1.54) is 12.8 Å². The van der Waals surface area contributed by atoms with Crippen molar-refractivity contribution in [2.24, 2.45) is 5.41 Å². The molecule has 2 aliphatic heterocycles. The van der Waals surface area contributed by atoms with Crippen molar-refractivity contribution in [1.29, 1.82) is 0 Å². The molecule has 1 aromatic heterocycles. The summed E-state index contributed by atoms with van der Waals surface area (Å²) in [5.41, 5.74) is 1.49. The van der Waals surface area contributed by atoms with Gasteiger partial charge in [-0.25, -0.2) is 12.7 Å². The van der Waals surface area contributed by atoms with Crippen molar-refractivity contribution in [3.63, 3.8) is 0 Å². The Kier molecular flexibility index (Phi) is 5.57. The molecule has 1 spiro atoms. The third-order valence-electron chi connectivity index (χ3n) is 5.67. The molecule has 5 nitrogen and oxygen atoms in total. The van der Waals surface area contributed by atoms with E-state index in [0.29, 0.717) is 24.9 Å². The van der Waals surface area contributed by atoms with Crippen LogP contribution in [0, 0.1) is 5.41 Å². The smallest absolute Gasteiger partial charge is 0.214 e. The third kappa shape index (κ3) is 4.16. The summed E-state index contributed by atoms with van der Waals surface area (Å²) in [5.74, 6) is 0.290. The van der Waals surface area contributed by atoms with Gasteiger partial charge in [-0.3, -0.25) is 9.88 Å². The number of hydrogen-bond donors (Lipinski definition) is 0. The van der Waals surface area contributed by atoms with Gasteiger partial charge in [0.2, 0.25) is 10.0 Å². The molecule has 0 aliphatic carbocycles. The van der Waals surface area contributed by atoms with Crippen LogP contribution in [-0.4, -0.2) is 54.5 Å². The first-order chi connectivity index (χ1) is 11.5. The van der Waals surface area contributed by atoms with Crippen molar-refractivity contribution < 1.29 is 8.42 Å². The molecule has 0 amide bonds. The van der Waals surface area contributed by atoms with Crippen molar-refractivity contribution in [3.8, 4) is 0 Å². The van der Waals surface area contributed by atoms with E-state index in [4.69, 9.17) is 0 Å². The van der Waals surface area contributed by atoms with Gasteiger partial charge in [0.05, 0.1) is 11.4 Å². The van der Waals surface area contributed by atoms with Crippen LogP contribution in [-0.2, 0) is 16.6 Å². The fourth-order valence-corrected chi connectivity index (χ4v) is 5.55. The number of likely N-dealkylation sites (tertiary alicyclic amines) is 1. The second-order valence-electron chi connectivity index (χ2n) is 7.31. The van der Waals surface area contributed by atoms with E-state index in [1.807, 2.05) is 25.3 Å². The summed E-state index contributed by atoms with van der Waals surface area (Å²) < 4.78 is 26.2. The van der Waals surface area contributed by atoms with Gasteiger partial charge >= 0.3 is 0 Å². The molecule has 0 unspecified atom stereocenters. The Bertz CT molecular complexity index is 615. The molecule has 6 heteroatoms. The number of rotatable bonds is 5. The lowest BCUT2D eigenvalue weighted by Crippen LogP contribution is -2.48. The molecule has 24 heavy (non-hydrogen) atoms. The maximum Gasteiger partial charge on any atom is 0.214 e. The van der Waals surface area contributed by atoms with E-state index in [1.54, 1.807) is 4.31 Å². The molecular formula is C18H29N3O2S. The lowest BCUT2D eigenvalue weighted by molar-refractivity contribution is 0.0524. The molecular weight excluding hydrogens is 322 g/mol. The zero-order chi connectivity index (χ0) is 17.0. The largest absolute Gasteiger partial charge is 0.297 e. The minimum absolute atomic E-state index is 0.290. The highest BCUT2D eigenvalue weighted by atomic mass is 32.2. The molecule has 0 N–H and O–H groups in total. The lowest BCUT2D eigenvalue weighted by Gasteiger charge is -2.46. The van der Waals surface area contributed by atoms with Gasteiger partial charge in [0, 0.05) is 25.8 Å². The van der Waals surface area contributed by atoms with Crippen molar-refractivity contribution in [3.05, 3.63) is 30.1 Å². The van der Waals surface area contributed by atoms with Gasteiger partial charge in [-0.05, 0) is 62.7 Å². The maximum atomic E-state index is 12.2. The summed E-state index contributed by atoms with van der Waals surface area (Å²) in [7, 11) is -3.03. The summed E-state index contributed by atoms with van der Waals surface area (Å²) in [6.07, 6.45) is 6.96. The maximum absolute atomic E-state index is 12.2. The van der Waals surface area contributed by atoms with Crippen molar-refractivity contribution in [2.45, 2.75) is 45.6 Å². The molecule has 2 saturated heterocycles. The second kappa shape index (κ2) is 7.50. The van der Waals surface area contributed by atoms with Crippen LogP contribution >= 0.6 is 0 Å². The minimum atomic E-state index is -3.03. The number of sulfonamides is 1. The fraction of sp³-hybridized carbons (Fsp3) is 0.722. The Hall–Kier alpha value is -0.980. The molecule has 2 fully saturated rings. The number of hydrogen-bond acceptors (Lipinski definition) is 4. The molecule has 0 atom stereocenters. The zero-order valence-corrected chi connectivity index (χ0v) is 15.5. The molecule has 134 valence electrons. The molecule has 0 aromatic carbocycles. The molecule has 1 aromatic rings. The van der Waals surface area contributed by atoms with Crippen molar-refractivity contribution >= 4 is 10.0 Å². The highest BCUT2D eigenvalue weighted by Crippen LogP contribution is 2.42. The Morgan fingerprint density at radius 3 is 2.33 bits per heavy atom. The predicted molar refractivity (Wildman–Crippen MR) is 96.1 cm³/mol. The number of pyridine rings is 1. The minimum Gasteiger partial charge on any atom is -0.297 e. The first-order valence-electron chi connectivity index (χ1n) is 9.13. The Morgan fingerprint density at radius 2 is 1.75 bits per heavy atom. The van der Waals surface area contributed by atoms with E-state index in [0.717, 1.165) is 38.2 Å². The average Bonchev–Trinajstić information content (AvgIpc) is 2.59. The van der Waals surface area contributed by atoms with Crippen LogP contribution in [0.4, 0.5) is 0 Å². The first kappa shape index (κ1) is 17.8. The SMILES string of the molecule is CCCS(=O)(=O)N1CCC2(CCN(Cc3ccccn3)CC2)CC1. The van der Waals surface area contributed by atoms with Gasteiger partial charge in [-0.2, -0.15) is 0 Å². The molecule has 2 aliphatic rings. The average molecular weight is 352 g/mol. The number of aromatic nitrogens is 1. The van der Waals surface area contributed by atoms with E-state index in [9.17, 15) is 8.42 Å². The Labute approximate surface area is 146 Å². The molecule has 3 rings (SSSR count). The first-order valence-corrected chi connectivity index (χ1v) is 10.7. The molecule has 3 heterocycles. The Balaban J connectivity index is 1.50. The molecule has 0 radical (unpaired) electrons. The van der Waals surface area contributed by atoms with Crippen LogP contribution in [0.25, 0.3) is 0 Å². The molecule has 0 saturated carbocycles. The highest BCUT2D eigenvalue weighted by Gasteiger charge is 2.39. The van der Waals surface area contributed by atoms with Gasteiger partial charge in [-0.15, -0.1) is 0 Å². The second-order valence-corrected chi connectivity index (χ2v) is 9.40. The van der Waals surface area contributed by atoms with Gasteiger partial charge < -0.3 is 0 Å². The van der Waals surface area contributed by atoms with Crippen molar-refractivity contribution in [1.82, 2.24) is 14.2 Å². The van der Waals surface area contributed by atoms with Crippen LogP contribution in [0.15, 0.2) is 24.4 Å². The normalized spacial score (nSPS) is 22.7. The van der Waals surface area contributed by atoms with Gasteiger partial charge in [0.25, 0.3) is 0 Å². The lowest BCUT2D eigenvalue weighted by atomic mass is 9.71. The molecule has 0 bridgehead atoms. The summed E-state index contributed by atoms with van der Waals surface area (Å²) >= 11 is 0. The third-order valence-corrected chi connectivity index (χ3v) is 7.74. The monoisotopic (exact) mass is 351 g/mol. The standard InChI is InChI=1S/C18H29N3O2S/c1-2-15-24(22,23)21-13-8-18(9-14-21)6-11-20(12-7-18)16-17-5-3-4-10-19-17/h3-5,10H,2,6-9,11-16H2,1H3. The van der Waals surface area contributed by atoms with Crippen LogP contribution in [0.2, 0.25) is 0 Å². The van der Waals surface area contributed by atoms with Crippen LogP contribution < -0.4 is 0 Å². The summed E-state index contributed by atoms with van der Waals surface area (Å²) in [5, 5.41) is 0. The Morgan fingerprint density at radius 1 is 1.08 bits per heavy atom. The van der Waals surface area contributed by atoms with E-state index < -0.39 is 10.0 Å². The van der Waals surface area contributed by atoms with Crippen LogP contribution in [0.1, 0.15) is 44.7 Å². The van der Waals surface area contributed by atoms with Crippen molar-refractivity contribution in [2.75, 3.05) is 31.9 Å². The van der Waals surface area contributed by atoms with Crippen LogP contribution in [0.3, 0.4) is 0 Å². The van der Waals surface area contributed by atoms with Gasteiger partial charge in [0.15, 0.2) is 0 Å². The highest BCUT2D eigenvalue weighted by molar-refractivity contribution is 7.89. The topological polar surface area (TPSA) is 53.5 Å². The number of piperidine rings is 2. The van der Waals surface area contributed by atoms with Gasteiger partial charge in [0.1, 0.15) is 0 Å². The van der Waals surface area contributed by atoms with Gasteiger partial charge in [-0.1, -0.05) is 13.0 Å². The van der Waals surface area contributed by atoms with E-state index >= 15 is 0 Å². The fourth-order valence-electron chi connectivity index (χ4n) is 4.03. The van der Waals surface area contributed by atoms with E-state index in [2.05, 4.69) is 16.0 Å². The summed E-state index contributed by atoms with van der Waals surface area (Å²) in [4.78, 5) is 6.90.